The Kier molecular flexibility index (Phi) is 5.15. The van der Waals surface area contributed by atoms with Crippen LogP contribution in [0.4, 0.5) is 0 Å². The number of carbonyl (C=O) groups excluding carboxylic acids is 2. The van der Waals surface area contributed by atoms with Gasteiger partial charge < -0.3 is 11.1 Å². The number of halogens is 1. The summed E-state index contributed by atoms with van der Waals surface area (Å²) in [5, 5.41) is 2.81. The molecule has 1 unspecified atom stereocenters. The third-order valence-electron chi connectivity index (χ3n) is 2.29. The summed E-state index contributed by atoms with van der Waals surface area (Å²) in [6.07, 6.45) is 0.828. The van der Waals surface area contributed by atoms with Gasteiger partial charge in [0.05, 0.1) is 0 Å². The summed E-state index contributed by atoms with van der Waals surface area (Å²) in [6.45, 7) is 1.85. The Morgan fingerprint density at radius 3 is 2.76 bits per heavy atom. The number of nitrogens with two attached hydrogens (primary N) is 1. The second-order valence-corrected chi connectivity index (χ2v) is 4.81. The fraction of sp³-hybridized carbons (Fsp3) is 0.333. The number of benzene rings is 1. The van der Waals surface area contributed by atoms with Crippen molar-refractivity contribution < 1.29 is 9.59 Å². The molecule has 2 amide bonds. The van der Waals surface area contributed by atoms with Gasteiger partial charge in [-0.15, -0.1) is 0 Å². The molecular weight excluding hydrogens is 284 g/mol. The first-order chi connectivity index (χ1) is 7.99. The van der Waals surface area contributed by atoms with E-state index in [1.54, 1.807) is 18.2 Å². The lowest BCUT2D eigenvalue weighted by Crippen LogP contribution is -2.33. The van der Waals surface area contributed by atoms with Crippen LogP contribution >= 0.6 is 15.9 Å². The minimum absolute atomic E-state index is 0.0750. The van der Waals surface area contributed by atoms with Gasteiger partial charge in [0, 0.05) is 22.5 Å². The number of hydrogen-bond donors (Lipinski definition) is 2. The van der Waals surface area contributed by atoms with Crippen LogP contribution in [0.25, 0.3) is 0 Å². The quantitative estimate of drug-likeness (QED) is 0.870. The molecule has 5 heteroatoms. The topological polar surface area (TPSA) is 72.2 Å². The molecule has 0 saturated carbocycles. The smallest absolute Gasteiger partial charge is 0.251 e. The molecule has 0 saturated heterocycles. The first-order valence-corrected chi connectivity index (χ1v) is 6.13. The van der Waals surface area contributed by atoms with E-state index in [2.05, 4.69) is 21.2 Å². The Labute approximate surface area is 109 Å². The number of primary amides is 1. The van der Waals surface area contributed by atoms with E-state index in [-0.39, 0.29) is 24.3 Å². The molecule has 1 rings (SSSR count). The van der Waals surface area contributed by atoms with Crippen LogP contribution in [-0.2, 0) is 4.79 Å². The van der Waals surface area contributed by atoms with Crippen LogP contribution < -0.4 is 11.1 Å². The minimum Gasteiger partial charge on any atom is -0.370 e. The highest BCUT2D eigenvalue weighted by Gasteiger charge is 2.10. The molecule has 1 aromatic rings. The molecule has 3 N–H and O–H groups in total. The molecule has 0 aliphatic heterocycles. The zero-order chi connectivity index (χ0) is 12.8. The molecular formula is C12H15BrN2O2. The van der Waals surface area contributed by atoms with E-state index < -0.39 is 0 Å². The molecule has 1 atom stereocenters. The van der Waals surface area contributed by atoms with Crippen molar-refractivity contribution in [3.05, 3.63) is 34.3 Å². The first kappa shape index (κ1) is 13.7. The summed E-state index contributed by atoms with van der Waals surface area (Å²) >= 11 is 3.31. The molecule has 1 aromatic carbocycles. The normalized spacial score (nSPS) is 11.9. The summed E-state index contributed by atoms with van der Waals surface area (Å²) in [5.41, 5.74) is 5.63. The maximum atomic E-state index is 11.8. The van der Waals surface area contributed by atoms with Gasteiger partial charge in [-0.3, -0.25) is 9.59 Å². The number of nitrogens with one attached hydrogen (secondary N) is 1. The van der Waals surface area contributed by atoms with Crippen LogP contribution in [0.5, 0.6) is 0 Å². The number of rotatable bonds is 5. The minimum atomic E-state index is -0.353. The Morgan fingerprint density at radius 2 is 2.18 bits per heavy atom. The van der Waals surface area contributed by atoms with E-state index in [0.717, 1.165) is 4.47 Å². The maximum absolute atomic E-state index is 11.8. The predicted molar refractivity (Wildman–Crippen MR) is 69.5 cm³/mol. The highest BCUT2D eigenvalue weighted by molar-refractivity contribution is 9.10. The average Bonchev–Trinajstić information content (AvgIpc) is 2.26. The van der Waals surface area contributed by atoms with Gasteiger partial charge in [0.25, 0.3) is 5.91 Å². The summed E-state index contributed by atoms with van der Waals surface area (Å²) in [5.74, 6) is -0.503. The van der Waals surface area contributed by atoms with Gasteiger partial charge in [0.15, 0.2) is 0 Å². The summed E-state index contributed by atoms with van der Waals surface area (Å²) in [4.78, 5) is 22.4. The second-order valence-electron chi connectivity index (χ2n) is 3.89. The van der Waals surface area contributed by atoms with Crippen LogP contribution in [0.1, 0.15) is 30.1 Å². The Hall–Kier alpha value is -1.36. The van der Waals surface area contributed by atoms with Gasteiger partial charge in [0.1, 0.15) is 0 Å². The zero-order valence-electron chi connectivity index (χ0n) is 9.57. The van der Waals surface area contributed by atoms with E-state index in [0.29, 0.717) is 12.0 Å². The number of carbonyl (C=O) groups is 2. The second kappa shape index (κ2) is 6.39. The van der Waals surface area contributed by atoms with Crippen molar-refractivity contribution in [1.82, 2.24) is 5.32 Å². The standard InChI is InChI=1S/C12H15BrN2O2/c1-8(5-6-11(14)16)15-12(17)9-3-2-4-10(13)7-9/h2-4,7-8H,5-6H2,1H3,(H2,14,16)(H,15,17). The maximum Gasteiger partial charge on any atom is 0.251 e. The highest BCUT2D eigenvalue weighted by atomic mass is 79.9. The van der Waals surface area contributed by atoms with Crippen LogP contribution in [0.2, 0.25) is 0 Å². The molecule has 0 fully saturated rings. The molecule has 17 heavy (non-hydrogen) atoms. The third-order valence-corrected chi connectivity index (χ3v) is 2.78. The van der Waals surface area contributed by atoms with Gasteiger partial charge in [-0.05, 0) is 31.5 Å². The lowest BCUT2D eigenvalue weighted by molar-refractivity contribution is -0.118. The fourth-order valence-corrected chi connectivity index (χ4v) is 1.77. The highest BCUT2D eigenvalue weighted by Crippen LogP contribution is 2.11. The molecule has 0 aliphatic carbocycles. The molecule has 0 aromatic heterocycles. The molecule has 0 radical (unpaired) electrons. The Bertz CT molecular complexity index is 421. The first-order valence-electron chi connectivity index (χ1n) is 5.34. The summed E-state index contributed by atoms with van der Waals surface area (Å²) in [7, 11) is 0. The van der Waals surface area contributed by atoms with E-state index in [1.165, 1.54) is 0 Å². The van der Waals surface area contributed by atoms with E-state index in [9.17, 15) is 9.59 Å². The number of hydrogen-bond acceptors (Lipinski definition) is 2. The molecule has 0 heterocycles. The Balaban J connectivity index is 2.51. The van der Waals surface area contributed by atoms with Crippen molar-refractivity contribution in [2.75, 3.05) is 0 Å². The SMILES string of the molecule is CC(CCC(N)=O)NC(=O)c1cccc(Br)c1. The van der Waals surface area contributed by atoms with Crippen LogP contribution in [0, 0.1) is 0 Å². The van der Waals surface area contributed by atoms with E-state index in [4.69, 9.17) is 5.73 Å². The van der Waals surface area contributed by atoms with Crippen molar-refractivity contribution in [2.24, 2.45) is 5.73 Å². The molecule has 0 spiro atoms. The zero-order valence-corrected chi connectivity index (χ0v) is 11.2. The van der Waals surface area contributed by atoms with Crippen molar-refractivity contribution >= 4 is 27.7 Å². The molecule has 0 bridgehead atoms. The van der Waals surface area contributed by atoms with Gasteiger partial charge in [-0.2, -0.15) is 0 Å². The van der Waals surface area contributed by atoms with Crippen LogP contribution in [0.15, 0.2) is 28.7 Å². The molecule has 0 aliphatic rings. The summed E-state index contributed by atoms with van der Waals surface area (Å²) < 4.78 is 0.856. The average molecular weight is 299 g/mol. The van der Waals surface area contributed by atoms with Gasteiger partial charge >= 0.3 is 0 Å². The van der Waals surface area contributed by atoms with Crippen LogP contribution in [-0.4, -0.2) is 17.9 Å². The van der Waals surface area contributed by atoms with E-state index in [1.807, 2.05) is 13.0 Å². The fourth-order valence-electron chi connectivity index (χ4n) is 1.37. The van der Waals surface area contributed by atoms with Crippen LogP contribution in [0.3, 0.4) is 0 Å². The van der Waals surface area contributed by atoms with Crippen molar-refractivity contribution in [3.8, 4) is 0 Å². The Morgan fingerprint density at radius 1 is 1.47 bits per heavy atom. The monoisotopic (exact) mass is 298 g/mol. The molecule has 92 valence electrons. The third kappa shape index (κ3) is 4.99. The van der Waals surface area contributed by atoms with Crippen molar-refractivity contribution in [3.63, 3.8) is 0 Å². The molecule has 4 nitrogen and oxygen atoms in total. The number of amides is 2. The van der Waals surface area contributed by atoms with Gasteiger partial charge in [-0.1, -0.05) is 22.0 Å². The lowest BCUT2D eigenvalue weighted by Gasteiger charge is -2.12. The van der Waals surface area contributed by atoms with Crippen molar-refractivity contribution in [2.45, 2.75) is 25.8 Å². The summed E-state index contributed by atoms with van der Waals surface area (Å²) in [6, 6.07) is 7.06. The van der Waals surface area contributed by atoms with Gasteiger partial charge in [0.2, 0.25) is 5.91 Å². The van der Waals surface area contributed by atoms with E-state index >= 15 is 0 Å². The predicted octanol–water partition coefficient (Wildman–Crippen LogP) is 1.83. The lowest BCUT2D eigenvalue weighted by atomic mass is 10.1. The van der Waals surface area contributed by atoms with Crippen molar-refractivity contribution in [1.29, 1.82) is 0 Å². The largest absolute Gasteiger partial charge is 0.370 e. The van der Waals surface area contributed by atoms with Gasteiger partial charge in [-0.25, -0.2) is 0 Å².